The van der Waals surface area contributed by atoms with Gasteiger partial charge < -0.3 is 10.4 Å². The first kappa shape index (κ1) is 11.4. The van der Waals surface area contributed by atoms with Gasteiger partial charge in [0, 0.05) is 0 Å². The van der Waals surface area contributed by atoms with E-state index >= 15 is 0 Å². The highest BCUT2D eigenvalue weighted by Gasteiger charge is 2.16. The van der Waals surface area contributed by atoms with Gasteiger partial charge in [-0.1, -0.05) is 0 Å². The number of aromatic nitrogens is 2. The Morgan fingerprint density at radius 1 is 1.73 bits per heavy atom. The van der Waals surface area contributed by atoms with Gasteiger partial charge in [0.05, 0.1) is 18.9 Å². The summed E-state index contributed by atoms with van der Waals surface area (Å²) in [5, 5.41) is 14.7. The molecule has 0 spiro atoms. The minimum atomic E-state index is -2.58. The Balaban J connectivity index is 2.53. The molecule has 0 aliphatic heterocycles. The lowest BCUT2D eigenvalue weighted by Crippen LogP contribution is -2.34. The summed E-state index contributed by atoms with van der Waals surface area (Å²) in [5.74, 6) is -0.651. The number of aromatic hydroxyl groups is 1. The molecule has 1 aromatic heterocycles. The number of hydrogen-bond donors (Lipinski definition) is 2. The van der Waals surface area contributed by atoms with Crippen LogP contribution in [0.5, 0.6) is 5.75 Å². The van der Waals surface area contributed by atoms with Crippen LogP contribution >= 0.6 is 0 Å². The van der Waals surface area contributed by atoms with Gasteiger partial charge in [-0.05, 0) is 6.92 Å². The average Bonchev–Trinajstić information content (AvgIpc) is 2.60. The highest BCUT2D eigenvalue weighted by Crippen LogP contribution is 2.10. The highest BCUT2D eigenvalue weighted by atomic mass is 19.3. The second kappa shape index (κ2) is 4.72. The summed E-state index contributed by atoms with van der Waals surface area (Å²) in [4.78, 5) is 11.3. The van der Waals surface area contributed by atoms with Gasteiger partial charge in [0.15, 0.2) is 5.75 Å². The molecule has 84 valence electrons. The van der Waals surface area contributed by atoms with Gasteiger partial charge >= 0.3 is 0 Å². The van der Waals surface area contributed by atoms with Gasteiger partial charge in [-0.3, -0.25) is 9.48 Å². The molecule has 1 unspecified atom stereocenters. The van der Waals surface area contributed by atoms with Crippen molar-refractivity contribution >= 4 is 5.91 Å². The number of halogens is 2. The Kier molecular flexibility index (Phi) is 3.59. The quantitative estimate of drug-likeness (QED) is 0.776. The molecule has 0 radical (unpaired) electrons. The van der Waals surface area contributed by atoms with Crippen LogP contribution in [0.3, 0.4) is 0 Å². The molecule has 0 fully saturated rings. The van der Waals surface area contributed by atoms with Crippen LogP contribution in [0.2, 0.25) is 0 Å². The SMILES string of the molecule is CC(C(=O)NCC(F)F)n1cc(O)cn1. The molecular weight excluding hydrogens is 208 g/mol. The van der Waals surface area contributed by atoms with E-state index in [1.54, 1.807) is 0 Å². The van der Waals surface area contributed by atoms with Crippen LogP contribution in [0.1, 0.15) is 13.0 Å². The third-order valence-electron chi connectivity index (χ3n) is 1.79. The normalized spacial score (nSPS) is 12.8. The highest BCUT2D eigenvalue weighted by molar-refractivity contribution is 5.79. The van der Waals surface area contributed by atoms with E-state index in [4.69, 9.17) is 5.11 Å². The lowest BCUT2D eigenvalue weighted by atomic mass is 10.3. The fraction of sp³-hybridized carbons (Fsp3) is 0.500. The number of amides is 1. The van der Waals surface area contributed by atoms with Gasteiger partial charge in [-0.25, -0.2) is 8.78 Å². The molecule has 0 aromatic carbocycles. The molecule has 5 nitrogen and oxygen atoms in total. The zero-order valence-electron chi connectivity index (χ0n) is 8.02. The molecular formula is C8H11F2N3O2. The Morgan fingerprint density at radius 2 is 2.40 bits per heavy atom. The Bertz CT molecular complexity index is 340. The molecule has 1 aromatic rings. The molecule has 1 heterocycles. The Morgan fingerprint density at radius 3 is 2.87 bits per heavy atom. The third kappa shape index (κ3) is 3.19. The van der Waals surface area contributed by atoms with Crippen LogP contribution in [-0.4, -0.2) is 33.8 Å². The summed E-state index contributed by atoms with van der Waals surface area (Å²) < 4.78 is 24.8. The van der Waals surface area contributed by atoms with Crippen molar-refractivity contribution in [2.24, 2.45) is 0 Å². The lowest BCUT2D eigenvalue weighted by Gasteiger charge is -2.11. The standard InChI is InChI=1S/C8H11F2N3O2/c1-5(8(15)11-3-7(9)10)13-4-6(14)2-12-13/h2,4-5,7,14H,3H2,1H3,(H,11,15). The van der Waals surface area contributed by atoms with E-state index in [2.05, 4.69) is 10.4 Å². The first-order valence-corrected chi connectivity index (χ1v) is 4.29. The van der Waals surface area contributed by atoms with E-state index in [1.165, 1.54) is 17.8 Å². The zero-order valence-corrected chi connectivity index (χ0v) is 8.02. The zero-order chi connectivity index (χ0) is 11.4. The van der Waals surface area contributed by atoms with E-state index in [0.29, 0.717) is 0 Å². The summed E-state index contributed by atoms with van der Waals surface area (Å²) in [6, 6.07) is -0.732. The first-order chi connectivity index (χ1) is 7.00. The average molecular weight is 219 g/mol. The molecule has 1 amide bonds. The van der Waals surface area contributed by atoms with Crippen molar-refractivity contribution in [1.82, 2.24) is 15.1 Å². The third-order valence-corrected chi connectivity index (χ3v) is 1.79. The van der Waals surface area contributed by atoms with Crippen LogP contribution in [0.4, 0.5) is 8.78 Å². The van der Waals surface area contributed by atoms with E-state index in [9.17, 15) is 13.6 Å². The van der Waals surface area contributed by atoms with Gasteiger partial charge in [0.1, 0.15) is 6.04 Å². The van der Waals surface area contributed by atoms with Crippen LogP contribution < -0.4 is 5.32 Å². The molecule has 0 saturated heterocycles. The minimum absolute atomic E-state index is 0.0801. The maximum absolute atomic E-state index is 11.8. The minimum Gasteiger partial charge on any atom is -0.505 e. The van der Waals surface area contributed by atoms with Crippen LogP contribution in [0, 0.1) is 0 Å². The summed E-state index contributed by atoms with van der Waals surface area (Å²) in [5.41, 5.74) is 0. The summed E-state index contributed by atoms with van der Waals surface area (Å²) in [6.45, 7) is 0.809. The van der Waals surface area contributed by atoms with Crippen molar-refractivity contribution in [3.8, 4) is 5.75 Å². The Labute approximate surface area is 84.7 Å². The van der Waals surface area contributed by atoms with Crippen molar-refractivity contribution in [3.63, 3.8) is 0 Å². The van der Waals surface area contributed by atoms with E-state index in [0.717, 1.165) is 6.20 Å². The Hall–Kier alpha value is -1.66. The van der Waals surface area contributed by atoms with E-state index < -0.39 is 24.9 Å². The monoisotopic (exact) mass is 219 g/mol. The molecule has 0 aliphatic carbocycles. The van der Waals surface area contributed by atoms with Crippen LogP contribution in [0.25, 0.3) is 0 Å². The van der Waals surface area contributed by atoms with Crippen molar-refractivity contribution in [2.75, 3.05) is 6.54 Å². The van der Waals surface area contributed by atoms with Gasteiger partial charge in [-0.2, -0.15) is 5.10 Å². The molecule has 7 heteroatoms. The number of rotatable bonds is 4. The predicted molar refractivity (Wildman–Crippen MR) is 47.6 cm³/mol. The fourth-order valence-corrected chi connectivity index (χ4v) is 0.985. The second-order valence-electron chi connectivity index (χ2n) is 2.99. The summed E-state index contributed by atoms with van der Waals surface area (Å²) in [7, 11) is 0. The van der Waals surface area contributed by atoms with E-state index in [1.807, 2.05) is 0 Å². The van der Waals surface area contributed by atoms with Gasteiger partial charge in [0.2, 0.25) is 5.91 Å². The smallest absolute Gasteiger partial charge is 0.255 e. The molecule has 0 saturated carbocycles. The van der Waals surface area contributed by atoms with Crippen molar-refractivity contribution in [3.05, 3.63) is 12.4 Å². The number of carbonyl (C=O) groups is 1. The van der Waals surface area contributed by atoms with Gasteiger partial charge in [0.25, 0.3) is 6.43 Å². The fourth-order valence-electron chi connectivity index (χ4n) is 0.985. The number of nitrogens with one attached hydrogen (secondary N) is 1. The molecule has 1 atom stereocenters. The van der Waals surface area contributed by atoms with Crippen LogP contribution in [-0.2, 0) is 4.79 Å². The molecule has 1 rings (SSSR count). The van der Waals surface area contributed by atoms with Crippen molar-refractivity contribution in [1.29, 1.82) is 0 Å². The molecule has 0 aliphatic rings. The predicted octanol–water partition coefficient (Wildman–Crippen LogP) is 0.531. The molecule has 2 N–H and O–H groups in total. The number of hydrogen-bond acceptors (Lipinski definition) is 3. The molecule has 0 bridgehead atoms. The molecule has 15 heavy (non-hydrogen) atoms. The second-order valence-corrected chi connectivity index (χ2v) is 2.99. The number of carbonyl (C=O) groups excluding carboxylic acids is 1. The maximum Gasteiger partial charge on any atom is 0.255 e. The topological polar surface area (TPSA) is 67.2 Å². The maximum atomic E-state index is 11.8. The lowest BCUT2D eigenvalue weighted by molar-refractivity contribution is -0.124. The summed E-state index contributed by atoms with van der Waals surface area (Å²) >= 11 is 0. The largest absolute Gasteiger partial charge is 0.505 e. The van der Waals surface area contributed by atoms with Gasteiger partial charge in [-0.15, -0.1) is 0 Å². The van der Waals surface area contributed by atoms with E-state index in [-0.39, 0.29) is 5.75 Å². The number of nitrogens with zero attached hydrogens (tertiary/aromatic N) is 2. The van der Waals surface area contributed by atoms with Crippen LogP contribution in [0.15, 0.2) is 12.4 Å². The number of alkyl halides is 2. The van der Waals surface area contributed by atoms with Crippen molar-refractivity contribution < 1.29 is 18.7 Å². The van der Waals surface area contributed by atoms with Crippen molar-refractivity contribution in [2.45, 2.75) is 19.4 Å². The first-order valence-electron chi connectivity index (χ1n) is 4.29. The summed E-state index contributed by atoms with van der Waals surface area (Å²) in [6.07, 6.45) is -0.170.